The average Bonchev–Trinajstić information content (AvgIpc) is 3.28. The van der Waals surface area contributed by atoms with Gasteiger partial charge < -0.3 is 14.5 Å². The number of carbonyl (C=O) groups excluding carboxylic acids is 4. The molecule has 34 heavy (non-hydrogen) atoms. The molecule has 168 valence electrons. The molecule has 3 aromatic carbocycles. The van der Waals surface area contributed by atoms with Crippen molar-refractivity contribution in [1.82, 2.24) is 4.98 Å². The van der Waals surface area contributed by atoms with Gasteiger partial charge in [-0.3, -0.25) is 19.2 Å². The maximum Gasteiger partial charge on any atom is 0.316 e. The van der Waals surface area contributed by atoms with E-state index in [9.17, 15) is 19.2 Å². The van der Waals surface area contributed by atoms with E-state index in [1.54, 1.807) is 36.4 Å². The van der Waals surface area contributed by atoms with Crippen LogP contribution in [0.3, 0.4) is 0 Å². The molecule has 1 aliphatic rings. The zero-order valence-electron chi connectivity index (χ0n) is 17.6. The second kappa shape index (κ2) is 8.95. The molecule has 8 nitrogen and oxygen atoms in total. The van der Waals surface area contributed by atoms with Gasteiger partial charge in [0.15, 0.2) is 23.8 Å². The Bertz CT molecular complexity index is 1440. The van der Waals surface area contributed by atoms with Gasteiger partial charge in [-0.15, -0.1) is 0 Å². The number of anilines is 1. The Hall–Kier alpha value is -4.24. The quantitative estimate of drug-likeness (QED) is 0.292. The van der Waals surface area contributed by atoms with E-state index >= 15 is 0 Å². The minimum atomic E-state index is -0.606. The summed E-state index contributed by atoms with van der Waals surface area (Å²) in [4.78, 5) is 54.0. The number of para-hydroxylation sites is 2. The fraction of sp³-hybridized carbons (Fsp3) is 0.0800. The first-order chi connectivity index (χ1) is 16.5. The van der Waals surface area contributed by atoms with Gasteiger partial charge in [0.25, 0.3) is 11.1 Å². The molecule has 0 saturated heterocycles. The Morgan fingerprint density at radius 1 is 0.882 bits per heavy atom. The molecule has 9 heteroatoms. The number of ether oxygens (including phenoxy) is 1. The molecule has 0 fully saturated rings. The highest BCUT2D eigenvalue weighted by atomic mass is 32.2. The minimum Gasteiger partial charge on any atom is -0.455 e. The molecule has 1 N–H and O–H groups in total. The van der Waals surface area contributed by atoms with E-state index in [0.29, 0.717) is 33.1 Å². The molecule has 0 saturated carbocycles. The first-order valence-corrected chi connectivity index (χ1v) is 11.2. The molecule has 1 heterocycles. The van der Waals surface area contributed by atoms with Crippen molar-refractivity contribution in [2.45, 2.75) is 5.22 Å². The van der Waals surface area contributed by atoms with Gasteiger partial charge in [0, 0.05) is 27.9 Å². The van der Waals surface area contributed by atoms with E-state index in [-0.39, 0.29) is 28.4 Å². The number of fused-ring (bicyclic) bond motifs is 3. The zero-order chi connectivity index (χ0) is 23.7. The third-order valence-electron chi connectivity index (χ3n) is 5.16. The third-order valence-corrected chi connectivity index (χ3v) is 5.96. The lowest BCUT2D eigenvalue weighted by Gasteiger charge is -2.18. The summed E-state index contributed by atoms with van der Waals surface area (Å²) >= 11 is 1.07. The fourth-order valence-electron chi connectivity index (χ4n) is 3.60. The third kappa shape index (κ3) is 4.20. The van der Waals surface area contributed by atoms with Gasteiger partial charge in [0.1, 0.15) is 11.3 Å². The zero-order valence-corrected chi connectivity index (χ0v) is 18.4. The summed E-state index contributed by atoms with van der Waals surface area (Å²) in [6.07, 6.45) is 0. The number of oxazole rings is 1. The lowest BCUT2D eigenvalue weighted by Crippen LogP contribution is -2.23. The van der Waals surface area contributed by atoms with E-state index in [1.165, 1.54) is 18.2 Å². The maximum atomic E-state index is 12.8. The number of aromatic nitrogens is 1. The Balaban J connectivity index is 1.17. The Kier molecular flexibility index (Phi) is 5.69. The van der Waals surface area contributed by atoms with Crippen molar-refractivity contribution in [1.29, 1.82) is 0 Å². The van der Waals surface area contributed by atoms with Crippen LogP contribution in [0.2, 0.25) is 0 Å². The predicted octanol–water partition coefficient (Wildman–Crippen LogP) is 3.88. The second-order valence-electron chi connectivity index (χ2n) is 7.41. The van der Waals surface area contributed by atoms with Crippen LogP contribution in [-0.4, -0.2) is 40.8 Å². The van der Waals surface area contributed by atoms with Crippen LogP contribution in [0.5, 0.6) is 0 Å². The number of esters is 1. The van der Waals surface area contributed by atoms with Crippen LogP contribution in [0.1, 0.15) is 31.8 Å². The van der Waals surface area contributed by atoms with Gasteiger partial charge >= 0.3 is 5.97 Å². The number of amides is 1. The molecular formula is C25H16N2O6S. The molecule has 0 radical (unpaired) electrons. The molecule has 5 rings (SSSR count). The fourth-order valence-corrected chi connectivity index (χ4v) is 4.23. The van der Waals surface area contributed by atoms with Crippen LogP contribution in [0.25, 0.3) is 11.1 Å². The lowest BCUT2D eigenvalue weighted by atomic mass is 9.84. The summed E-state index contributed by atoms with van der Waals surface area (Å²) in [7, 11) is 0. The highest BCUT2D eigenvalue weighted by Crippen LogP contribution is 2.29. The molecule has 1 amide bonds. The summed E-state index contributed by atoms with van der Waals surface area (Å²) in [5.74, 6) is -1.78. The number of carbonyl (C=O) groups is 4. The van der Waals surface area contributed by atoms with E-state index in [0.717, 1.165) is 11.8 Å². The Morgan fingerprint density at radius 3 is 2.32 bits per heavy atom. The monoisotopic (exact) mass is 472 g/mol. The van der Waals surface area contributed by atoms with E-state index in [2.05, 4.69) is 10.3 Å². The van der Waals surface area contributed by atoms with Crippen molar-refractivity contribution in [3.05, 3.63) is 89.0 Å². The predicted molar refractivity (Wildman–Crippen MR) is 124 cm³/mol. The van der Waals surface area contributed by atoms with Crippen LogP contribution in [0.4, 0.5) is 5.69 Å². The smallest absolute Gasteiger partial charge is 0.316 e. The van der Waals surface area contributed by atoms with Crippen LogP contribution < -0.4 is 5.32 Å². The molecular weight excluding hydrogens is 456 g/mol. The van der Waals surface area contributed by atoms with Crippen molar-refractivity contribution < 1.29 is 28.3 Å². The summed E-state index contributed by atoms with van der Waals surface area (Å²) in [6, 6.07) is 18.3. The number of nitrogens with zero attached hydrogens (tertiary/aromatic N) is 1. The highest BCUT2D eigenvalue weighted by molar-refractivity contribution is 7.99. The summed E-state index contributed by atoms with van der Waals surface area (Å²) in [6.45, 7) is -0.500. The van der Waals surface area contributed by atoms with Gasteiger partial charge in [0.05, 0.1) is 0 Å². The van der Waals surface area contributed by atoms with Crippen LogP contribution >= 0.6 is 11.8 Å². The Morgan fingerprint density at radius 2 is 1.56 bits per heavy atom. The van der Waals surface area contributed by atoms with E-state index in [4.69, 9.17) is 9.15 Å². The minimum absolute atomic E-state index is 0.0744. The molecule has 0 aliphatic heterocycles. The van der Waals surface area contributed by atoms with Crippen LogP contribution in [-0.2, 0) is 14.3 Å². The first kappa shape index (κ1) is 21.6. The Labute approximate surface area is 197 Å². The van der Waals surface area contributed by atoms with Gasteiger partial charge in [0.2, 0.25) is 0 Å². The summed E-state index contributed by atoms with van der Waals surface area (Å²) < 4.78 is 10.5. The molecule has 0 atom stereocenters. The summed E-state index contributed by atoms with van der Waals surface area (Å²) in [5.41, 5.74) is 2.81. The van der Waals surface area contributed by atoms with Gasteiger partial charge in [-0.2, -0.15) is 0 Å². The first-order valence-electron chi connectivity index (χ1n) is 10.3. The SMILES string of the molecule is O=C(COC(=O)CSc1nc2ccccc2o1)Nc1ccc2c(c1)C(=O)c1ccccc1C2=O. The van der Waals surface area contributed by atoms with Crippen molar-refractivity contribution in [3.8, 4) is 0 Å². The highest BCUT2D eigenvalue weighted by Gasteiger charge is 2.29. The van der Waals surface area contributed by atoms with Crippen molar-refractivity contribution >= 4 is 52.0 Å². The normalized spacial score (nSPS) is 12.2. The van der Waals surface area contributed by atoms with Gasteiger partial charge in [-0.1, -0.05) is 48.2 Å². The van der Waals surface area contributed by atoms with E-state index < -0.39 is 18.5 Å². The largest absolute Gasteiger partial charge is 0.455 e. The van der Waals surface area contributed by atoms with Crippen molar-refractivity contribution in [2.75, 3.05) is 17.7 Å². The molecule has 0 unspecified atom stereocenters. The number of rotatable bonds is 6. The standard InChI is InChI=1S/C25H16N2O6S/c28-21(12-32-22(29)13-34-25-27-19-7-3-4-8-20(19)33-25)26-14-9-10-17-18(11-14)24(31)16-6-2-1-5-15(16)23(17)30/h1-11H,12-13H2,(H,26,28). The molecule has 1 aliphatic carbocycles. The van der Waals surface area contributed by atoms with Crippen molar-refractivity contribution in [3.63, 3.8) is 0 Å². The lowest BCUT2D eigenvalue weighted by molar-refractivity contribution is -0.144. The van der Waals surface area contributed by atoms with Crippen molar-refractivity contribution in [2.24, 2.45) is 0 Å². The van der Waals surface area contributed by atoms with Gasteiger partial charge in [-0.25, -0.2) is 4.98 Å². The molecule has 0 spiro atoms. The molecule has 4 aromatic rings. The van der Waals surface area contributed by atoms with E-state index in [1.807, 2.05) is 12.1 Å². The van der Waals surface area contributed by atoms with Gasteiger partial charge in [-0.05, 0) is 30.3 Å². The molecule has 0 bridgehead atoms. The topological polar surface area (TPSA) is 116 Å². The average molecular weight is 472 g/mol. The number of thioether (sulfide) groups is 1. The second-order valence-corrected chi connectivity index (χ2v) is 8.34. The number of benzene rings is 3. The van der Waals surface area contributed by atoms with Crippen LogP contribution in [0, 0.1) is 0 Å². The number of hydrogen-bond donors (Lipinski definition) is 1. The van der Waals surface area contributed by atoms with Crippen LogP contribution in [0.15, 0.2) is 76.4 Å². The summed E-state index contributed by atoms with van der Waals surface area (Å²) in [5, 5.41) is 2.91. The molecule has 1 aromatic heterocycles. The maximum absolute atomic E-state index is 12.8. The number of ketones is 2. The number of hydrogen-bond acceptors (Lipinski definition) is 8. The number of nitrogens with one attached hydrogen (secondary N) is 1.